The van der Waals surface area contributed by atoms with E-state index in [1.807, 2.05) is 33.9 Å². The van der Waals surface area contributed by atoms with Gasteiger partial charge >= 0.3 is 0 Å². The van der Waals surface area contributed by atoms with Crippen LogP contribution >= 0.6 is 11.6 Å². The molecule has 0 unspecified atom stereocenters. The number of methoxy groups -OCH3 is 1. The first-order valence-electron chi connectivity index (χ1n) is 8.38. The molecule has 2 rings (SSSR count). The third-order valence-electron chi connectivity index (χ3n) is 4.77. The van der Waals surface area contributed by atoms with Crippen LogP contribution in [0.2, 0.25) is 23.4 Å². The van der Waals surface area contributed by atoms with Gasteiger partial charge in [0.2, 0.25) is 11.1 Å². The first-order chi connectivity index (χ1) is 12.8. The summed E-state index contributed by atoms with van der Waals surface area (Å²) in [6.45, 7) is 9.83. The predicted molar refractivity (Wildman–Crippen MR) is 106 cm³/mol. The summed E-state index contributed by atoms with van der Waals surface area (Å²) >= 11 is 5.64. The van der Waals surface area contributed by atoms with Crippen molar-refractivity contribution in [1.82, 2.24) is 9.97 Å². The van der Waals surface area contributed by atoms with Crippen LogP contribution in [0.25, 0.3) is 0 Å². The molecule has 152 valence electrons. The lowest BCUT2D eigenvalue weighted by atomic mass is 10.0. The highest BCUT2D eigenvalue weighted by molar-refractivity contribution is 6.74. The number of anilines is 1. The summed E-state index contributed by atoms with van der Waals surface area (Å²) in [5.41, 5.74) is 4.82. The second kappa shape index (κ2) is 7.63. The molecule has 28 heavy (non-hydrogen) atoms. The van der Waals surface area contributed by atoms with Crippen LogP contribution in [0.4, 0.5) is 14.6 Å². The van der Waals surface area contributed by atoms with E-state index < -0.39 is 31.3 Å². The topological polar surface area (TPSA) is 87.3 Å². The van der Waals surface area contributed by atoms with Gasteiger partial charge in [-0.15, -0.1) is 0 Å². The van der Waals surface area contributed by atoms with E-state index in [-0.39, 0.29) is 33.2 Å². The number of nitrogens with two attached hydrogens (primary N) is 1. The molecular weight excluding hydrogens is 408 g/mol. The van der Waals surface area contributed by atoms with Crippen LogP contribution in [0, 0.1) is 11.6 Å². The van der Waals surface area contributed by atoms with E-state index in [1.54, 1.807) is 0 Å². The number of carbonyl (C=O) groups is 1. The van der Waals surface area contributed by atoms with Crippen molar-refractivity contribution < 1.29 is 22.7 Å². The lowest BCUT2D eigenvalue weighted by Crippen LogP contribution is -2.44. The van der Waals surface area contributed by atoms with Gasteiger partial charge in [0.1, 0.15) is 11.4 Å². The third-order valence-corrected chi connectivity index (χ3v) is 9.30. The molecule has 0 radical (unpaired) electrons. The highest BCUT2D eigenvalue weighted by atomic mass is 35.5. The first-order valence-corrected chi connectivity index (χ1v) is 11.7. The Bertz CT molecular complexity index is 933. The Hall–Kier alpha value is -2.26. The minimum atomic E-state index is -2.44. The summed E-state index contributed by atoms with van der Waals surface area (Å²) in [6, 6.07) is 0.882. The molecule has 0 amide bonds. The van der Waals surface area contributed by atoms with Crippen molar-refractivity contribution in [3.05, 3.63) is 40.3 Å². The summed E-state index contributed by atoms with van der Waals surface area (Å²) in [4.78, 5) is 20.3. The summed E-state index contributed by atoms with van der Waals surface area (Å²) in [6.07, 6.45) is 1.05. The fraction of sp³-hybridized carbons (Fsp3) is 0.389. The number of hydrogen-bond acceptors (Lipinski definition) is 6. The van der Waals surface area contributed by atoms with Crippen molar-refractivity contribution in [3.8, 4) is 11.5 Å². The first kappa shape index (κ1) is 22.0. The fourth-order valence-corrected chi connectivity index (χ4v) is 3.33. The van der Waals surface area contributed by atoms with Crippen molar-refractivity contribution >= 4 is 31.5 Å². The molecule has 1 aromatic heterocycles. The molecule has 0 fully saturated rings. The summed E-state index contributed by atoms with van der Waals surface area (Å²) < 4.78 is 40.3. The zero-order valence-corrected chi connectivity index (χ0v) is 18.2. The molecule has 10 heteroatoms. The minimum Gasteiger partial charge on any atom is -0.541 e. The van der Waals surface area contributed by atoms with E-state index in [0.717, 1.165) is 12.3 Å². The summed E-state index contributed by atoms with van der Waals surface area (Å²) in [5, 5.41) is -0.399. The Morgan fingerprint density at radius 2 is 1.89 bits per heavy atom. The number of ketones is 1. The van der Waals surface area contributed by atoms with Crippen LogP contribution in [0.3, 0.4) is 0 Å². The highest BCUT2D eigenvalue weighted by Gasteiger charge is 2.40. The van der Waals surface area contributed by atoms with Gasteiger partial charge < -0.3 is 14.9 Å². The van der Waals surface area contributed by atoms with Crippen LogP contribution in [0.1, 0.15) is 36.7 Å². The number of carbonyl (C=O) groups excluding carboxylic acids is 1. The Labute approximate surface area is 168 Å². The Morgan fingerprint density at radius 1 is 1.29 bits per heavy atom. The van der Waals surface area contributed by atoms with Gasteiger partial charge in [-0.3, -0.25) is 4.79 Å². The van der Waals surface area contributed by atoms with Crippen LogP contribution < -0.4 is 14.9 Å². The molecule has 0 saturated heterocycles. The van der Waals surface area contributed by atoms with Crippen molar-refractivity contribution in [2.45, 2.75) is 38.9 Å². The predicted octanol–water partition coefficient (Wildman–Crippen LogP) is 4.61. The maximum Gasteiger partial charge on any atom is 0.250 e. The number of rotatable bonds is 5. The summed E-state index contributed by atoms with van der Waals surface area (Å²) in [5.74, 6) is -4.09. The normalized spacial score (nSPS) is 12.0. The Balaban J connectivity index is 2.68. The second-order valence-electron chi connectivity index (χ2n) is 7.71. The van der Waals surface area contributed by atoms with Gasteiger partial charge in [-0.25, -0.2) is 18.7 Å². The third kappa shape index (κ3) is 4.10. The molecule has 6 nitrogen and oxygen atoms in total. The van der Waals surface area contributed by atoms with E-state index in [4.69, 9.17) is 26.5 Å². The van der Waals surface area contributed by atoms with Crippen molar-refractivity contribution in [3.63, 3.8) is 0 Å². The number of hydrogen-bond donors (Lipinski definition) is 1. The van der Waals surface area contributed by atoms with Gasteiger partial charge in [0.05, 0.1) is 12.7 Å². The van der Waals surface area contributed by atoms with Crippen molar-refractivity contribution in [1.29, 1.82) is 0 Å². The smallest absolute Gasteiger partial charge is 0.250 e. The molecule has 0 atom stereocenters. The molecule has 0 aliphatic carbocycles. The van der Waals surface area contributed by atoms with Crippen LogP contribution in [-0.2, 0) is 0 Å². The molecule has 1 aromatic carbocycles. The minimum absolute atomic E-state index is 0.0511. The van der Waals surface area contributed by atoms with Crippen molar-refractivity contribution in [2.24, 2.45) is 0 Å². The van der Waals surface area contributed by atoms with E-state index in [2.05, 4.69) is 9.97 Å². The monoisotopic (exact) mass is 429 g/mol. The van der Waals surface area contributed by atoms with Gasteiger partial charge in [0.15, 0.2) is 23.1 Å². The molecule has 0 bridgehead atoms. The van der Waals surface area contributed by atoms with E-state index in [9.17, 15) is 13.6 Å². The van der Waals surface area contributed by atoms with Gasteiger partial charge in [-0.05, 0) is 29.7 Å². The number of nitrogens with zero attached hydrogens (tertiary/aromatic N) is 2. The molecule has 0 spiro atoms. The molecule has 0 aliphatic rings. The lowest BCUT2D eigenvalue weighted by molar-refractivity contribution is 0.103. The number of benzene rings is 1. The second-order valence-corrected chi connectivity index (χ2v) is 12.8. The standard InChI is InChI=1S/C18H22ClF2N3O3Si/c1-18(2,3)28(5,6)27-11-7-10(20)13(21)12(15(11)26-4)14(25)9-8-23-17(19)24-16(9)22/h7-8H,1-6H3,(H2,22,23,24). The molecule has 1 heterocycles. The SMILES string of the molecule is COc1c(O[Si](C)(C)C(C)(C)C)cc(F)c(F)c1C(=O)c1cnc(Cl)nc1N. The van der Waals surface area contributed by atoms with Gasteiger partial charge in [-0.1, -0.05) is 20.8 Å². The fourth-order valence-electron chi connectivity index (χ4n) is 2.18. The number of halogens is 3. The average Bonchev–Trinajstić information content (AvgIpc) is 2.55. The molecule has 0 saturated carbocycles. The molecule has 2 aromatic rings. The maximum absolute atomic E-state index is 14.6. The number of ether oxygens (including phenoxy) is 1. The van der Waals surface area contributed by atoms with Gasteiger partial charge in [0.25, 0.3) is 8.32 Å². The largest absolute Gasteiger partial charge is 0.541 e. The Morgan fingerprint density at radius 3 is 2.39 bits per heavy atom. The zero-order chi connectivity index (χ0) is 21.4. The number of aromatic nitrogens is 2. The van der Waals surface area contributed by atoms with Crippen LogP contribution in [0.5, 0.6) is 11.5 Å². The maximum atomic E-state index is 14.6. The van der Waals surface area contributed by atoms with Crippen molar-refractivity contribution in [2.75, 3.05) is 12.8 Å². The van der Waals surface area contributed by atoms with E-state index in [0.29, 0.717) is 0 Å². The van der Waals surface area contributed by atoms with Gasteiger partial charge in [-0.2, -0.15) is 0 Å². The quantitative estimate of drug-likeness (QED) is 0.424. The summed E-state index contributed by atoms with van der Waals surface area (Å²) in [7, 11) is -1.20. The van der Waals surface area contributed by atoms with Crippen LogP contribution in [-0.4, -0.2) is 31.2 Å². The molecule has 2 N–H and O–H groups in total. The lowest BCUT2D eigenvalue weighted by Gasteiger charge is -2.37. The molecule has 0 aliphatic heterocycles. The zero-order valence-electron chi connectivity index (χ0n) is 16.5. The average molecular weight is 430 g/mol. The number of nitrogen functional groups attached to an aromatic ring is 1. The van der Waals surface area contributed by atoms with E-state index in [1.165, 1.54) is 7.11 Å². The van der Waals surface area contributed by atoms with E-state index >= 15 is 0 Å². The van der Waals surface area contributed by atoms with Crippen LogP contribution in [0.15, 0.2) is 12.3 Å². The molecular formula is C18H22ClF2N3O3Si. The van der Waals surface area contributed by atoms with Gasteiger partial charge in [0, 0.05) is 12.3 Å². The Kier molecular flexibility index (Phi) is 6.00. The highest BCUT2D eigenvalue weighted by Crippen LogP contribution is 2.43.